The first kappa shape index (κ1) is 14.3. The molecule has 0 spiro atoms. The molecule has 112 valence electrons. The van der Waals surface area contributed by atoms with Crippen molar-refractivity contribution in [3.05, 3.63) is 27.2 Å². The van der Waals surface area contributed by atoms with E-state index in [2.05, 4.69) is 20.1 Å². The molecule has 1 amide bonds. The van der Waals surface area contributed by atoms with Crippen LogP contribution in [0.4, 0.5) is 5.95 Å². The molecule has 0 radical (unpaired) electrons. The van der Waals surface area contributed by atoms with Crippen LogP contribution < -0.4 is 5.73 Å². The van der Waals surface area contributed by atoms with E-state index in [0.717, 1.165) is 24.0 Å². The van der Waals surface area contributed by atoms with Gasteiger partial charge in [0.2, 0.25) is 11.8 Å². The molecule has 2 aromatic heterocycles. The number of nitrogens with zero attached hydrogens (tertiary/aromatic N) is 4. The third-order valence-corrected chi connectivity index (χ3v) is 4.59. The lowest BCUT2D eigenvalue weighted by atomic mass is 10.3. The molecule has 3 rings (SSSR count). The molecule has 3 N–H and O–H groups in total. The van der Waals surface area contributed by atoms with Gasteiger partial charge in [0.25, 0.3) is 5.91 Å². The Morgan fingerprint density at radius 2 is 2.14 bits per heavy atom. The molecule has 9 heteroatoms. The zero-order chi connectivity index (χ0) is 14.8. The van der Waals surface area contributed by atoms with Crippen LogP contribution in [0.2, 0.25) is 4.34 Å². The predicted octanol–water partition coefficient (Wildman–Crippen LogP) is 1.06. The molecule has 3 heterocycles. The van der Waals surface area contributed by atoms with E-state index in [-0.39, 0.29) is 17.7 Å². The maximum atomic E-state index is 12.2. The fourth-order valence-electron chi connectivity index (χ4n) is 2.29. The molecule has 7 nitrogen and oxygen atoms in total. The molecule has 1 fully saturated rings. The molecule has 1 saturated heterocycles. The molecule has 2 aromatic rings. The molecule has 0 bridgehead atoms. The summed E-state index contributed by atoms with van der Waals surface area (Å²) in [4.78, 5) is 21.4. The minimum atomic E-state index is -0.155. The second-order valence-electron chi connectivity index (χ2n) is 4.82. The fourth-order valence-corrected chi connectivity index (χ4v) is 3.42. The number of carbonyl (C=O) groups is 1. The van der Waals surface area contributed by atoms with Gasteiger partial charge in [-0.3, -0.25) is 14.8 Å². The van der Waals surface area contributed by atoms with Crippen molar-refractivity contribution in [3.63, 3.8) is 0 Å². The second-order valence-corrected chi connectivity index (χ2v) is 6.62. The number of aromatic amines is 1. The Morgan fingerprint density at radius 3 is 2.71 bits per heavy atom. The Morgan fingerprint density at radius 1 is 1.38 bits per heavy atom. The van der Waals surface area contributed by atoms with Crippen molar-refractivity contribution in [2.75, 3.05) is 31.9 Å². The average Bonchev–Trinajstić information content (AvgIpc) is 3.08. The number of halogens is 1. The topological polar surface area (TPSA) is 91.1 Å². The normalized spacial score (nSPS) is 16.3. The highest BCUT2D eigenvalue weighted by molar-refractivity contribution is 7.16. The van der Waals surface area contributed by atoms with E-state index in [1.807, 2.05) is 12.1 Å². The van der Waals surface area contributed by atoms with Gasteiger partial charge in [-0.15, -0.1) is 16.4 Å². The SMILES string of the molecule is Nc1n[nH]c(C(=O)N2CCN(Cc3ccc(Cl)s3)CC2)n1. The average molecular weight is 327 g/mol. The summed E-state index contributed by atoms with van der Waals surface area (Å²) in [6.07, 6.45) is 0. The summed E-state index contributed by atoms with van der Waals surface area (Å²) >= 11 is 7.53. The van der Waals surface area contributed by atoms with Gasteiger partial charge in [0.05, 0.1) is 4.34 Å². The monoisotopic (exact) mass is 326 g/mol. The van der Waals surface area contributed by atoms with E-state index >= 15 is 0 Å². The Labute approximate surface area is 130 Å². The Kier molecular flexibility index (Phi) is 4.09. The van der Waals surface area contributed by atoms with Crippen molar-refractivity contribution in [1.29, 1.82) is 0 Å². The first-order valence-corrected chi connectivity index (χ1v) is 7.75. The highest BCUT2D eigenvalue weighted by Gasteiger charge is 2.24. The van der Waals surface area contributed by atoms with Gasteiger partial charge in [-0.1, -0.05) is 11.6 Å². The predicted molar refractivity (Wildman–Crippen MR) is 81.3 cm³/mol. The van der Waals surface area contributed by atoms with E-state index in [4.69, 9.17) is 17.3 Å². The number of hydrogen-bond donors (Lipinski definition) is 2. The number of carbonyl (C=O) groups excluding carboxylic acids is 1. The summed E-state index contributed by atoms with van der Waals surface area (Å²) in [5.74, 6) is 0.135. The third-order valence-electron chi connectivity index (χ3n) is 3.37. The van der Waals surface area contributed by atoms with Crippen molar-refractivity contribution in [2.45, 2.75) is 6.54 Å². The van der Waals surface area contributed by atoms with Crippen LogP contribution in [0.3, 0.4) is 0 Å². The first-order chi connectivity index (χ1) is 10.1. The summed E-state index contributed by atoms with van der Waals surface area (Å²) in [6, 6.07) is 3.96. The van der Waals surface area contributed by atoms with Gasteiger partial charge >= 0.3 is 0 Å². The highest BCUT2D eigenvalue weighted by Crippen LogP contribution is 2.23. The third kappa shape index (κ3) is 3.34. The zero-order valence-electron chi connectivity index (χ0n) is 11.3. The molecule has 1 aliphatic heterocycles. The van der Waals surface area contributed by atoms with Crippen molar-refractivity contribution in [3.8, 4) is 0 Å². The fraction of sp³-hybridized carbons (Fsp3) is 0.417. The van der Waals surface area contributed by atoms with Gasteiger partial charge < -0.3 is 10.6 Å². The molecule has 0 unspecified atom stereocenters. The smallest absolute Gasteiger partial charge is 0.291 e. The molecular weight excluding hydrogens is 312 g/mol. The molecule has 0 aliphatic carbocycles. The number of thiophene rings is 1. The van der Waals surface area contributed by atoms with Crippen LogP contribution in [-0.4, -0.2) is 57.1 Å². The van der Waals surface area contributed by atoms with Crippen LogP contribution in [-0.2, 0) is 6.54 Å². The number of rotatable bonds is 3. The largest absolute Gasteiger partial charge is 0.366 e. The van der Waals surface area contributed by atoms with Crippen LogP contribution in [0, 0.1) is 0 Å². The van der Waals surface area contributed by atoms with Crippen molar-refractivity contribution in [1.82, 2.24) is 25.0 Å². The standard InChI is InChI=1S/C12H15ClN6OS/c13-9-2-1-8(21-9)7-18-3-5-19(6-4-18)11(20)10-15-12(14)17-16-10/h1-2H,3-7H2,(H3,14,15,16,17). The summed E-state index contributed by atoms with van der Waals surface area (Å²) in [6.45, 7) is 3.85. The van der Waals surface area contributed by atoms with Gasteiger partial charge in [-0.05, 0) is 12.1 Å². The summed E-state index contributed by atoms with van der Waals surface area (Å²) in [7, 11) is 0. The maximum Gasteiger partial charge on any atom is 0.291 e. The molecular formula is C12H15ClN6OS. The first-order valence-electron chi connectivity index (χ1n) is 6.55. The lowest BCUT2D eigenvalue weighted by Crippen LogP contribution is -2.48. The van der Waals surface area contributed by atoms with E-state index in [9.17, 15) is 4.79 Å². The van der Waals surface area contributed by atoms with Crippen LogP contribution in [0.5, 0.6) is 0 Å². The number of amides is 1. The van der Waals surface area contributed by atoms with Crippen molar-refractivity contribution >= 4 is 34.8 Å². The Balaban J connectivity index is 1.54. The number of H-pyrrole nitrogens is 1. The van der Waals surface area contributed by atoms with Crippen molar-refractivity contribution in [2.24, 2.45) is 0 Å². The minimum absolute atomic E-state index is 0.0894. The molecule has 21 heavy (non-hydrogen) atoms. The van der Waals surface area contributed by atoms with Gasteiger partial charge in [-0.25, -0.2) is 0 Å². The van der Waals surface area contributed by atoms with Gasteiger partial charge in [0.15, 0.2) is 0 Å². The summed E-state index contributed by atoms with van der Waals surface area (Å²) < 4.78 is 0.807. The second kappa shape index (κ2) is 6.00. The highest BCUT2D eigenvalue weighted by atomic mass is 35.5. The van der Waals surface area contributed by atoms with E-state index < -0.39 is 0 Å². The number of nitrogens with one attached hydrogen (secondary N) is 1. The number of aromatic nitrogens is 3. The van der Waals surface area contributed by atoms with E-state index in [0.29, 0.717) is 13.1 Å². The minimum Gasteiger partial charge on any atom is -0.366 e. The van der Waals surface area contributed by atoms with Crippen LogP contribution in [0.25, 0.3) is 0 Å². The molecule has 0 atom stereocenters. The lowest BCUT2D eigenvalue weighted by molar-refractivity contribution is 0.0618. The Hall–Kier alpha value is -1.64. The van der Waals surface area contributed by atoms with Gasteiger partial charge in [-0.2, -0.15) is 4.98 Å². The van der Waals surface area contributed by atoms with Crippen LogP contribution in [0.1, 0.15) is 15.5 Å². The molecule has 0 aromatic carbocycles. The maximum absolute atomic E-state index is 12.2. The van der Waals surface area contributed by atoms with E-state index in [1.165, 1.54) is 4.88 Å². The number of nitrogen functional groups attached to an aromatic ring is 1. The number of anilines is 1. The molecule has 1 aliphatic rings. The quantitative estimate of drug-likeness (QED) is 0.880. The number of hydrogen-bond acceptors (Lipinski definition) is 6. The molecule has 0 saturated carbocycles. The number of nitrogens with two attached hydrogens (primary N) is 1. The van der Waals surface area contributed by atoms with Gasteiger partial charge in [0.1, 0.15) is 0 Å². The van der Waals surface area contributed by atoms with Crippen molar-refractivity contribution < 1.29 is 4.79 Å². The van der Waals surface area contributed by atoms with Crippen LogP contribution in [0.15, 0.2) is 12.1 Å². The summed E-state index contributed by atoms with van der Waals surface area (Å²) in [5, 5.41) is 6.23. The van der Waals surface area contributed by atoms with Gasteiger partial charge in [0, 0.05) is 37.6 Å². The number of piperazine rings is 1. The lowest BCUT2D eigenvalue weighted by Gasteiger charge is -2.33. The zero-order valence-corrected chi connectivity index (χ0v) is 12.8. The Bertz CT molecular complexity index is 633. The van der Waals surface area contributed by atoms with Crippen LogP contribution >= 0.6 is 22.9 Å². The summed E-state index contributed by atoms with van der Waals surface area (Å²) in [5.41, 5.74) is 5.41. The van der Waals surface area contributed by atoms with E-state index in [1.54, 1.807) is 16.2 Å².